The Labute approximate surface area is 126 Å². The molecule has 0 amide bonds. The molecular weight excluding hydrogens is 288 g/mol. The molecule has 0 heterocycles. The first-order valence-electron chi connectivity index (χ1n) is 6.78. The molecule has 0 bridgehead atoms. The van der Waals surface area contributed by atoms with Crippen molar-refractivity contribution in [2.45, 2.75) is 44.2 Å². The smallest absolute Gasteiger partial charge is 0.240 e. The molecule has 6 heteroatoms. The number of rotatable bonds is 4. The summed E-state index contributed by atoms with van der Waals surface area (Å²) in [4.78, 5) is 0.190. The number of nitriles is 1. The van der Waals surface area contributed by atoms with Gasteiger partial charge in [0.15, 0.2) is 0 Å². The lowest BCUT2D eigenvalue weighted by Gasteiger charge is -2.50. The van der Waals surface area contributed by atoms with Gasteiger partial charge in [-0.15, -0.1) is 0 Å². The third-order valence-electron chi connectivity index (χ3n) is 4.39. The maximum Gasteiger partial charge on any atom is 0.240 e. The Bertz CT molecular complexity index is 689. The highest BCUT2D eigenvalue weighted by Crippen LogP contribution is 2.43. The maximum absolute atomic E-state index is 12.4. The van der Waals surface area contributed by atoms with Crippen LogP contribution in [0, 0.1) is 23.7 Å². The Kier molecular flexibility index (Phi) is 4.11. The molecule has 0 saturated heterocycles. The Hall–Kier alpha value is -1.42. The Morgan fingerprint density at radius 3 is 2.57 bits per heavy atom. The summed E-state index contributed by atoms with van der Waals surface area (Å²) in [6.45, 7) is 5.70. The summed E-state index contributed by atoms with van der Waals surface area (Å²) in [5, 5.41) is 8.90. The normalized spacial score (nSPS) is 24.1. The van der Waals surface area contributed by atoms with Crippen molar-refractivity contribution in [3.63, 3.8) is 0 Å². The van der Waals surface area contributed by atoms with Gasteiger partial charge < -0.3 is 4.74 Å². The van der Waals surface area contributed by atoms with E-state index < -0.39 is 10.0 Å². The minimum Gasteiger partial charge on any atom is -0.381 e. The average molecular weight is 308 g/mol. The predicted octanol–water partition coefficient (Wildman–Crippen LogP) is 1.96. The zero-order valence-electron chi connectivity index (χ0n) is 12.7. The summed E-state index contributed by atoms with van der Waals surface area (Å²) in [5.41, 5.74) is 0.907. The fourth-order valence-electron chi connectivity index (χ4n) is 2.67. The maximum atomic E-state index is 12.4. The summed E-state index contributed by atoms with van der Waals surface area (Å²) in [5.74, 6) is 0. The van der Waals surface area contributed by atoms with Crippen molar-refractivity contribution in [3.8, 4) is 6.07 Å². The molecule has 0 aromatic heterocycles. The third kappa shape index (κ3) is 2.82. The van der Waals surface area contributed by atoms with Crippen LogP contribution < -0.4 is 4.72 Å². The molecule has 2 unspecified atom stereocenters. The van der Waals surface area contributed by atoms with E-state index in [1.807, 2.05) is 19.9 Å². The highest BCUT2D eigenvalue weighted by atomic mass is 32.2. The zero-order chi connectivity index (χ0) is 15.8. The quantitative estimate of drug-likeness (QED) is 0.922. The van der Waals surface area contributed by atoms with Crippen molar-refractivity contribution >= 4 is 10.0 Å². The first kappa shape index (κ1) is 16.0. The number of sulfonamides is 1. The number of hydrogen-bond donors (Lipinski definition) is 1. The standard InChI is InChI=1S/C15H20N2O3S/c1-10-7-12(6-5-11(10)9-16)21(18,19)17-13-8-14(20-4)15(13,2)3/h5-7,13-14,17H,8H2,1-4H3. The summed E-state index contributed by atoms with van der Waals surface area (Å²) >= 11 is 0. The third-order valence-corrected chi connectivity index (χ3v) is 5.86. The second-order valence-electron chi connectivity index (χ2n) is 6.04. The Balaban J connectivity index is 2.21. The van der Waals surface area contributed by atoms with Crippen LogP contribution >= 0.6 is 0 Å². The molecule has 0 spiro atoms. The van der Waals surface area contributed by atoms with E-state index in [1.54, 1.807) is 14.0 Å². The molecule has 2 rings (SSSR count). The van der Waals surface area contributed by atoms with E-state index in [2.05, 4.69) is 4.72 Å². The highest BCUT2D eigenvalue weighted by molar-refractivity contribution is 7.89. The van der Waals surface area contributed by atoms with Crippen LogP contribution in [0.2, 0.25) is 0 Å². The molecule has 1 aromatic rings. The molecule has 2 atom stereocenters. The number of nitrogens with one attached hydrogen (secondary N) is 1. The minimum absolute atomic E-state index is 0.0629. The number of ether oxygens (including phenoxy) is 1. The fraction of sp³-hybridized carbons (Fsp3) is 0.533. The molecular formula is C15H20N2O3S. The van der Waals surface area contributed by atoms with E-state index in [1.165, 1.54) is 18.2 Å². The van der Waals surface area contributed by atoms with Gasteiger partial charge >= 0.3 is 0 Å². The summed E-state index contributed by atoms with van der Waals surface area (Å²) < 4.78 is 32.9. The van der Waals surface area contributed by atoms with Gasteiger partial charge in [0.05, 0.1) is 22.6 Å². The molecule has 21 heavy (non-hydrogen) atoms. The Morgan fingerprint density at radius 2 is 2.10 bits per heavy atom. The fourth-order valence-corrected chi connectivity index (χ4v) is 4.16. The van der Waals surface area contributed by atoms with Crippen LogP contribution in [-0.2, 0) is 14.8 Å². The molecule has 1 fully saturated rings. The van der Waals surface area contributed by atoms with Gasteiger partial charge in [-0.05, 0) is 37.1 Å². The van der Waals surface area contributed by atoms with Gasteiger partial charge in [0, 0.05) is 18.6 Å². The van der Waals surface area contributed by atoms with Crippen LogP contribution in [0.3, 0.4) is 0 Å². The Morgan fingerprint density at radius 1 is 1.43 bits per heavy atom. The van der Waals surface area contributed by atoms with E-state index in [9.17, 15) is 8.42 Å². The SMILES string of the molecule is COC1CC(NS(=O)(=O)c2ccc(C#N)c(C)c2)C1(C)C. The van der Waals surface area contributed by atoms with Gasteiger partial charge in [0.25, 0.3) is 0 Å². The minimum atomic E-state index is -3.59. The van der Waals surface area contributed by atoms with Gasteiger partial charge in [-0.3, -0.25) is 0 Å². The van der Waals surface area contributed by atoms with Crippen molar-refractivity contribution < 1.29 is 13.2 Å². The van der Waals surface area contributed by atoms with Crippen molar-refractivity contribution in [1.82, 2.24) is 4.72 Å². The first-order chi connectivity index (χ1) is 9.72. The molecule has 1 aliphatic rings. The molecule has 0 aliphatic heterocycles. The molecule has 1 saturated carbocycles. The van der Waals surface area contributed by atoms with Gasteiger partial charge in [-0.25, -0.2) is 13.1 Å². The van der Waals surface area contributed by atoms with Crippen LogP contribution in [0.25, 0.3) is 0 Å². The number of nitrogens with zero attached hydrogens (tertiary/aromatic N) is 1. The van der Waals surface area contributed by atoms with Gasteiger partial charge in [-0.1, -0.05) is 13.8 Å². The van der Waals surface area contributed by atoms with Crippen LogP contribution in [0.1, 0.15) is 31.4 Å². The van der Waals surface area contributed by atoms with Crippen molar-refractivity contribution in [2.24, 2.45) is 5.41 Å². The first-order valence-corrected chi connectivity index (χ1v) is 8.26. The molecule has 1 aliphatic carbocycles. The van der Waals surface area contributed by atoms with E-state index in [4.69, 9.17) is 10.00 Å². The van der Waals surface area contributed by atoms with Gasteiger partial charge in [0.1, 0.15) is 0 Å². The molecule has 1 N–H and O–H groups in total. The van der Waals surface area contributed by atoms with Crippen LogP contribution in [-0.4, -0.2) is 27.7 Å². The van der Waals surface area contributed by atoms with E-state index in [0.29, 0.717) is 17.5 Å². The van der Waals surface area contributed by atoms with E-state index in [0.717, 1.165) is 0 Å². The topological polar surface area (TPSA) is 79.2 Å². The second kappa shape index (κ2) is 5.41. The summed E-state index contributed by atoms with van der Waals surface area (Å²) in [6.07, 6.45) is 0.728. The zero-order valence-corrected chi connectivity index (χ0v) is 13.5. The molecule has 114 valence electrons. The monoisotopic (exact) mass is 308 g/mol. The van der Waals surface area contributed by atoms with Crippen molar-refractivity contribution in [2.75, 3.05) is 7.11 Å². The number of methoxy groups -OCH3 is 1. The van der Waals surface area contributed by atoms with E-state index in [-0.39, 0.29) is 22.5 Å². The number of hydrogen-bond acceptors (Lipinski definition) is 4. The lowest BCUT2D eigenvalue weighted by molar-refractivity contribution is -0.0908. The molecule has 5 nitrogen and oxygen atoms in total. The van der Waals surface area contributed by atoms with Crippen LogP contribution in [0.5, 0.6) is 0 Å². The van der Waals surface area contributed by atoms with Gasteiger partial charge in [-0.2, -0.15) is 5.26 Å². The van der Waals surface area contributed by atoms with Crippen molar-refractivity contribution in [3.05, 3.63) is 29.3 Å². The predicted molar refractivity (Wildman–Crippen MR) is 79.2 cm³/mol. The van der Waals surface area contributed by atoms with Crippen LogP contribution in [0.15, 0.2) is 23.1 Å². The number of benzene rings is 1. The molecule has 0 radical (unpaired) electrons. The van der Waals surface area contributed by atoms with Gasteiger partial charge in [0.2, 0.25) is 10.0 Å². The second-order valence-corrected chi connectivity index (χ2v) is 7.76. The summed E-state index contributed by atoms with van der Waals surface area (Å²) in [7, 11) is -1.95. The van der Waals surface area contributed by atoms with E-state index >= 15 is 0 Å². The lowest BCUT2D eigenvalue weighted by Crippen LogP contribution is -2.61. The van der Waals surface area contributed by atoms with Crippen LogP contribution in [0.4, 0.5) is 0 Å². The lowest BCUT2D eigenvalue weighted by atomic mass is 9.65. The highest BCUT2D eigenvalue weighted by Gasteiger charge is 2.50. The largest absolute Gasteiger partial charge is 0.381 e. The number of aryl methyl sites for hydroxylation is 1. The molecule has 1 aromatic carbocycles. The van der Waals surface area contributed by atoms with Crippen molar-refractivity contribution in [1.29, 1.82) is 5.26 Å². The average Bonchev–Trinajstić information content (AvgIpc) is 2.42. The summed E-state index contributed by atoms with van der Waals surface area (Å²) in [6, 6.07) is 6.41.